The molecule has 0 aliphatic carbocycles. The molecule has 0 fully saturated rings. The van der Waals surface area contributed by atoms with E-state index in [9.17, 15) is 4.39 Å². The highest BCUT2D eigenvalue weighted by molar-refractivity contribution is 6.11. The van der Waals surface area contributed by atoms with Crippen molar-refractivity contribution >= 4 is 32.8 Å². The summed E-state index contributed by atoms with van der Waals surface area (Å²) in [5.41, 5.74) is 3.28. The van der Waals surface area contributed by atoms with Crippen LogP contribution in [0, 0.1) is 5.82 Å². The third-order valence-electron chi connectivity index (χ3n) is 4.44. The van der Waals surface area contributed by atoms with Crippen LogP contribution in [0.3, 0.4) is 0 Å². The number of para-hydroxylation sites is 3. The SMILES string of the molecule is Fc1cccc2cc3c4ccccc4n(-c4ccccc4)c3nc12. The van der Waals surface area contributed by atoms with Gasteiger partial charge in [0.1, 0.15) is 17.0 Å². The third kappa shape index (κ3) is 1.78. The highest BCUT2D eigenvalue weighted by Crippen LogP contribution is 2.33. The van der Waals surface area contributed by atoms with E-state index in [0.29, 0.717) is 5.52 Å². The van der Waals surface area contributed by atoms with E-state index in [2.05, 4.69) is 21.7 Å². The number of aromatic nitrogens is 2. The minimum Gasteiger partial charge on any atom is -0.294 e. The molecule has 2 heterocycles. The minimum absolute atomic E-state index is 0.292. The summed E-state index contributed by atoms with van der Waals surface area (Å²) in [6.07, 6.45) is 0. The fraction of sp³-hybridized carbons (Fsp3) is 0. The smallest absolute Gasteiger partial charge is 0.149 e. The summed E-state index contributed by atoms with van der Waals surface area (Å²) >= 11 is 0. The van der Waals surface area contributed by atoms with Gasteiger partial charge >= 0.3 is 0 Å². The van der Waals surface area contributed by atoms with Crippen LogP contribution in [0.2, 0.25) is 0 Å². The molecule has 0 radical (unpaired) electrons. The molecular formula is C21H13FN2. The van der Waals surface area contributed by atoms with E-state index in [1.165, 1.54) is 6.07 Å². The predicted molar refractivity (Wildman–Crippen MR) is 96.0 cm³/mol. The van der Waals surface area contributed by atoms with Crippen molar-refractivity contribution in [3.63, 3.8) is 0 Å². The molecule has 0 saturated carbocycles. The van der Waals surface area contributed by atoms with Crippen LogP contribution in [0.25, 0.3) is 38.5 Å². The van der Waals surface area contributed by atoms with E-state index in [4.69, 9.17) is 0 Å². The van der Waals surface area contributed by atoms with E-state index in [0.717, 1.165) is 33.0 Å². The zero-order chi connectivity index (χ0) is 16.1. The Morgan fingerprint density at radius 1 is 0.750 bits per heavy atom. The van der Waals surface area contributed by atoms with Crippen molar-refractivity contribution in [1.29, 1.82) is 0 Å². The van der Waals surface area contributed by atoms with Gasteiger partial charge in [-0.05, 0) is 30.3 Å². The number of nitrogens with zero attached hydrogens (tertiary/aromatic N) is 2. The summed E-state index contributed by atoms with van der Waals surface area (Å²) in [5.74, 6) is -0.292. The molecule has 0 saturated heterocycles. The average molecular weight is 312 g/mol. The molecule has 0 aliphatic heterocycles. The molecule has 2 aromatic heterocycles. The van der Waals surface area contributed by atoms with Crippen molar-refractivity contribution in [2.24, 2.45) is 0 Å². The molecule has 0 N–H and O–H groups in total. The topological polar surface area (TPSA) is 17.8 Å². The van der Waals surface area contributed by atoms with E-state index >= 15 is 0 Å². The van der Waals surface area contributed by atoms with Crippen LogP contribution in [-0.2, 0) is 0 Å². The van der Waals surface area contributed by atoms with Crippen molar-refractivity contribution < 1.29 is 4.39 Å². The largest absolute Gasteiger partial charge is 0.294 e. The summed E-state index contributed by atoms with van der Waals surface area (Å²) < 4.78 is 16.3. The van der Waals surface area contributed by atoms with Gasteiger partial charge in [-0.3, -0.25) is 4.57 Å². The molecule has 5 aromatic rings. The van der Waals surface area contributed by atoms with E-state index in [1.807, 2.05) is 54.6 Å². The first-order valence-electron chi connectivity index (χ1n) is 7.87. The van der Waals surface area contributed by atoms with E-state index in [1.54, 1.807) is 6.07 Å². The van der Waals surface area contributed by atoms with Gasteiger partial charge in [0.2, 0.25) is 0 Å². The number of hydrogen-bond acceptors (Lipinski definition) is 1. The van der Waals surface area contributed by atoms with Gasteiger partial charge in [-0.15, -0.1) is 0 Å². The second kappa shape index (κ2) is 4.90. The van der Waals surface area contributed by atoms with Crippen molar-refractivity contribution in [1.82, 2.24) is 9.55 Å². The Hall–Kier alpha value is -3.20. The lowest BCUT2D eigenvalue weighted by Crippen LogP contribution is -1.95. The fourth-order valence-corrected chi connectivity index (χ4v) is 3.37. The zero-order valence-corrected chi connectivity index (χ0v) is 12.8. The zero-order valence-electron chi connectivity index (χ0n) is 12.8. The summed E-state index contributed by atoms with van der Waals surface area (Å²) in [5, 5.41) is 2.97. The van der Waals surface area contributed by atoms with E-state index in [-0.39, 0.29) is 5.82 Å². The first-order chi connectivity index (χ1) is 11.8. The summed E-state index contributed by atoms with van der Waals surface area (Å²) in [6, 6.07) is 25.4. The maximum atomic E-state index is 14.2. The number of benzene rings is 3. The Morgan fingerprint density at radius 2 is 1.54 bits per heavy atom. The van der Waals surface area contributed by atoms with Gasteiger partial charge in [-0.2, -0.15) is 0 Å². The Morgan fingerprint density at radius 3 is 2.42 bits per heavy atom. The van der Waals surface area contributed by atoms with Crippen molar-refractivity contribution in [3.05, 3.63) is 84.7 Å². The quantitative estimate of drug-likeness (QED) is 0.401. The molecular weight excluding hydrogens is 299 g/mol. The molecule has 5 rings (SSSR count). The summed E-state index contributed by atoms with van der Waals surface area (Å²) in [7, 11) is 0. The van der Waals surface area contributed by atoms with Gasteiger partial charge < -0.3 is 0 Å². The molecule has 0 unspecified atom stereocenters. The highest BCUT2D eigenvalue weighted by atomic mass is 19.1. The Balaban J connectivity index is 2.04. The van der Waals surface area contributed by atoms with Crippen LogP contribution < -0.4 is 0 Å². The van der Waals surface area contributed by atoms with Crippen molar-refractivity contribution in [3.8, 4) is 5.69 Å². The Bertz CT molecular complexity index is 1210. The number of fused-ring (bicyclic) bond motifs is 4. The normalized spacial score (nSPS) is 11.5. The fourth-order valence-electron chi connectivity index (χ4n) is 3.37. The third-order valence-corrected chi connectivity index (χ3v) is 4.44. The van der Waals surface area contributed by atoms with Gasteiger partial charge in [-0.1, -0.05) is 48.5 Å². The standard InChI is InChI=1S/C21H13FN2/c22-18-11-6-7-14-13-17-16-10-4-5-12-19(16)24(21(17)23-20(14)18)15-8-2-1-3-9-15/h1-13H. The lowest BCUT2D eigenvalue weighted by Gasteiger charge is -2.07. The number of rotatable bonds is 1. The molecule has 3 heteroatoms. The van der Waals surface area contributed by atoms with Gasteiger partial charge in [-0.25, -0.2) is 9.37 Å². The monoisotopic (exact) mass is 312 g/mol. The molecule has 3 aromatic carbocycles. The number of hydrogen-bond donors (Lipinski definition) is 0. The maximum absolute atomic E-state index is 14.2. The minimum atomic E-state index is -0.292. The average Bonchev–Trinajstić information content (AvgIpc) is 2.95. The van der Waals surface area contributed by atoms with Crippen LogP contribution in [-0.4, -0.2) is 9.55 Å². The van der Waals surface area contributed by atoms with E-state index < -0.39 is 0 Å². The Labute approximate surface area is 137 Å². The van der Waals surface area contributed by atoms with Crippen molar-refractivity contribution in [2.45, 2.75) is 0 Å². The van der Waals surface area contributed by atoms with Crippen LogP contribution in [0.1, 0.15) is 0 Å². The van der Waals surface area contributed by atoms with Gasteiger partial charge in [0.05, 0.1) is 5.52 Å². The second-order valence-electron chi connectivity index (χ2n) is 5.86. The molecule has 24 heavy (non-hydrogen) atoms. The van der Waals surface area contributed by atoms with Gasteiger partial charge in [0, 0.05) is 21.8 Å². The molecule has 0 amide bonds. The van der Waals surface area contributed by atoms with Crippen LogP contribution in [0.5, 0.6) is 0 Å². The molecule has 0 bridgehead atoms. The molecule has 114 valence electrons. The molecule has 0 aliphatic rings. The lowest BCUT2D eigenvalue weighted by atomic mass is 10.1. The lowest BCUT2D eigenvalue weighted by molar-refractivity contribution is 0.637. The summed E-state index contributed by atoms with van der Waals surface area (Å²) in [6.45, 7) is 0. The molecule has 0 spiro atoms. The van der Waals surface area contributed by atoms with Crippen LogP contribution in [0.15, 0.2) is 78.9 Å². The first-order valence-corrected chi connectivity index (χ1v) is 7.87. The molecule has 0 atom stereocenters. The first kappa shape index (κ1) is 13.3. The number of pyridine rings is 1. The maximum Gasteiger partial charge on any atom is 0.149 e. The van der Waals surface area contributed by atoms with Crippen LogP contribution in [0.4, 0.5) is 4.39 Å². The second-order valence-corrected chi connectivity index (χ2v) is 5.86. The Kier molecular flexibility index (Phi) is 2.71. The van der Waals surface area contributed by atoms with Gasteiger partial charge in [0.25, 0.3) is 0 Å². The predicted octanol–water partition coefficient (Wildman–Crippen LogP) is 5.47. The highest BCUT2D eigenvalue weighted by Gasteiger charge is 2.15. The summed E-state index contributed by atoms with van der Waals surface area (Å²) in [4.78, 5) is 4.68. The molecule has 2 nitrogen and oxygen atoms in total. The van der Waals surface area contributed by atoms with Gasteiger partial charge in [0.15, 0.2) is 0 Å². The number of halogens is 1. The van der Waals surface area contributed by atoms with Crippen molar-refractivity contribution in [2.75, 3.05) is 0 Å². The van der Waals surface area contributed by atoms with Crippen LogP contribution >= 0.6 is 0 Å².